The van der Waals surface area contributed by atoms with Crippen molar-refractivity contribution in [1.29, 1.82) is 0 Å². The molecule has 2 aromatic rings. The van der Waals surface area contributed by atoms with E-state index in [9.17, 15) is 4.79 Å². The highest BCUT2D eigenvalue weighted by molar-refractivity contribution is 6.31. The molecule has 0 spiro atoms. The number of nitrogens with zero attached hydrogens (tertiary/aromatic N) is 1. The summed E-state index contributed by atoms with van der Waals surface area (Å²) in [5.41, 5.74) is 3.72. The Morgan fingerprint density at radius 2 is 2.00 bits per heavy atom. The van der Waals surface area contributed by atoms with Crippen LogP contribution in [0.5, 0.6) is 0 Å². The van der Waals surface area contributed by atoms with E-state index in [2.05, 4.69) is 0 Å². The Morgan fingerprint density at radius 1 is 1.19 bits per heavy atom. The molecule has 4 nitrogen and oxygen atoms in total. The van der Waals surface area contributed by atoms with Crippen LogP contribution in [0.3, 0.4) is 0 Å². The number of benzene rings is 2. The predicted octanol–water partition coefficient (Wildman–Crippen LogP) is 4.24. The first kappa shape index (κ1) is 17.5. The third-order valence-electron chi connectivity index (χ3n) is 5.08. The average molecular weight is 372 g/mol. The second-order valence-electron chi connectivity index (χ2n) is 6.76. The average Bonchev–Trinajstić information content (AvgIpc) is 3.10. The number of amides is 1. The highest BCUT2D eigenvalue weighted by Gasteiger charge is 2.27. The Labute approximate surface area is 158 Å². The van der Waals surface area contributed by atoms with Crippen molar-refractivity contribution in [3.05, 3.63) is 64.2 Å². The second kappa shape index (κ2) is 7.78. The van der Waals surface area contributed by atoms with Gasteiger partial charge in [0.25, 0.3) is 5.91 Å². The molecule has 136 valence electrons. The van der Waals surface area contributed by atoms with Crippen molar-refractivity contribution in [2.75, 3.05) is 24.7 Å². The molecular weight excluding hydrogens is 350 g/mol. The van der Waals surface area contributed by atoms with Gasteiger partial charge in [-0.15, -0.1) is 0 Å². The fraction of sp³-hybridized carbons (Fsp3) is 0.381. The molecule has 26 heavy (non-hydrogen) atoms. The second-order valence-corrected chi connectivity index (χ2v) is 7.20. The summed E-state index contributed by atoms with van der Waals surface area (Å²) >= 11 is 6.14. The molecule has 0 saturated carbocycles. The summed E-state index contributed by atoms with van der Waals surface area (Å²) < 4.78 is 11.4. The van der Waals surface area contributed by atoms with Crippen LogP contribution in [-0.4, -0.2) is 31.8 Å². The lowest BCUT2D eigenvalue weighted by atomic mass is 10.1. The number of hydrogen-bond acceptors (Lipinski definition) is 3. The van der Waals surface area contributed by atoms with Crippen molar-refractivity contribution in [3.8, 4) is 0 Å². The summed E-state index contributed by atoms with van der Waals surface area (Å²) in [6.45, 7) is 2.62. The lowest BCUT2D eigenvalue weighted by Crippen LogP contribution is -2.30. The van der Waals surface area contributed by atoms with Crippen LogP contribution in [0.1, 0.15) is 34.3 Å². The van der Waals surface area contributed by atoms with Crippen LogP contribution in [-0.2, 0) is 22.5 Å². The molecule has 0 aliphatic carbocycles. The van der Waals surface area contributed by atoms with Gasteiger partial charge in [0.05, 0.1) is 12.7 Å². The molecule has 4 rings (SSSR count). The molecule has 2 aromatic carbocycles. The van der Waals surface area contributed by atoms with Crippen LogP contribution in [0.25, 0.3) is 0 Å². The first-order valence-electron chi connectivity index (χ1n) is 9.10. The number of ether oxygens (including phenoxy) is 2. The predicted molar refractivity (Wildman–Crippen MR) is 102 cm³/mol. The minimum atomic E-state index is 0.0113. The minimum Gasteiger partial charge on any atom is -0.381 e. The van der Waals surface area contributed by atoms with E-state index < -0.39 is 0 Å². The number of carbonyl (C=O) groups excluding carboxylic acids is 1. The first-order chi connectivity index (χ1) is 12.7. The highest BCUT2D eigenvalue weighted by Crippen LogP contribution is 2.32. The summed E-state index contributed by atoms with van der Waals surface area (Å²) in [5, 5.41) is 0.652. The van der Waals surface area contributed by atoms with Gasteiger partial charge in [-0.05, 0) is 48.6 Å². The molecule has 1 amide bonds. The molecular formula is C21H22ClNO3. The van der Waals surface area contributed by atoms with Crippen molar-refractivity contribution in [2.45, 2.75) is 32.0 Å². The monoisotopic (exact) mass is 371 g/mol. The lowest BCUT2D eigenvalue weighted by molar-refractivity contribution is -0.0391. The Kier molecular flexibility index (Phi) is 5.25. The van der Waals surface area contributed by atoms with Gasteiger partial charge in [0, 0.05) is 36.0 Å². The molecule has 0 N–H and O–H groups in total. The molecule has 2 heterocycles. The molecule has 0 radical (unpaired) electrons. The molecule has 0 unspecified atom stereocenters. The molecule has 0 atom stereocenters. The van der Waals surface area contributed by atoms with E-state index in [0.29, 0.717) is 23.7 Å². The molecule has 1 saturated heterocycles. The Hall–Kier alpha value is -1.88. The van der Waals surface area contributed by atoms with Crippen LogP contribution < -0.4 is 4.90 Å². The van der Waals surface area contributed by atoms with E-state index in [1.807, 2.05) is 47.4 Å². The van der Waals surface area contributed by atoms with Crippen molar-refractivity contribution in [1.82, 2.24) is 0 Å². The van der Waals surface area contributed by atoms with Gasteiger partial charge in [-0.3, -0.25) is 4.79 Å². The summed E-state index contributed by atoms with van der Waals surface area (Å²) in [7, 11) is 0. The fourth-order valence-corrected chi connectivity index (χ4v) is 3.78. The van der Waals surface area contributed by atoms with Gasteiger partial charge in [-0.25, -0.2) is 0 Å². The first-order valence-corrected chi connectivity index (χ1v) is 9.48. The van der Waals surface area contributed by atoms with E-state index >= 15 is 0 Å². The van der Waals surface area contributed by atoms with E-state index in [1.54, 1.807) is 0 Å². The van der Waals surface area contributed by atoms with Crippen LogP contribution in [0.4, 0.5) is 5.69 Å². The largest absolute Gasteiger partial charge is 0.381 e. The maximum Gasteiger partial charge on any atom is 0.258 e. The number of anilines is 1. The van der Waals surface area contributed by atoms with Gasteiger partial charge in [0.15, 0.2) is 0 Å². The topological polar surface area (TPSA) is 38.8 Å². The third-order valence-corrected chi connectivity index (χ3v) is 5.31. The summed E-state index contributed by atoms with van der Waals surface area (Å²) in [6, 6.07) is 13.5. The summed E-state index contributed by atoms with van der Waals surface area (Å²) in [4.78, 5) is 15.0. The Bertz CT molecular complexity index is 802. The zero-order chi connectivity index (χ0) is 17.9. The normalized spacial score (nSPS) is 17.3. The van der Waals surface area contributed by atoms with Gasteiger partial charge in [0.1, 0.15) is 0 Å². The van der Waals surface area contributed by atoms with Crippen molar-refractivity contribution >= 4 is 23.2 Å². The van der Waals surface area contributed by atoms with Gasteiger partial charge in [-0.2, -0.15) is 0 Å². The number of fused-ring (bicyclic) bond motifs is 1. The maximum atomic E-state index is 13.2. The molecule has 2 aliphatic heterocycles. The SMILES string of the molecule is O=C(c1ccccc1COC1CCOCC1)N1CCc2ccc(Cl)cc21. The quantitative estimate of drug-likeness (QED) is 0.807. The Morgan fingerprint density at radius 3 is 2.85 bits per heavy atom. The molecule has 2 aliphatic rings. The van der Waals surface area contributed by atoms with E-state index in [0.717, 1.165) is 43.7 Å². The lowest BCUT2D eigenvalue weighted by Gasteiger charge is -2.24. The van der Waals surface area contributed by atoms with Crippen LogP contribution in [0.15, 0.2) is 42.5 Å². The van der Waals surface area contributed by atoms with Crippen molar-refractivity contribution < 1.29 is 14.3 Å². The molecule has 5 heteroatoms. The summed E-state index contributed by atoms with van der Waals surface area (Å²) in [6.07, 6.45) is 2.89. The fourth-order valence-electron chi connectivity index (χ4n) is 3.61. The van der Waals surface area contributed by atoms with Crippen molar-refractivity contribution in [3.63, 3.8) is 0 Å². The van der Waals surface area contributed by atoms with Crippen molar-refractivity contribution in [2.24, 2.45) is 0 Å². The number of carbonyl (C=O) groups is 1. The molecule has 0 bridgehead atoms. The maximum absolute atomic E-state index is 13.2. The van der Waals surface area contributed by atoms with E-state index in [1.165, 1.54) is 5.56 Å². The number of hydrogen-bond donors (Lipinski definition) is 0. The van der Waals surface area contributed by atoms with Gasteiger partial charge in [-0.1, -0.05) is 35.9 Å². The van der Waals surface area contributed by atoms with Gasteiger partial charge < -0.3 is 14.4 Å². The zero-order valence-electron chi connectivity index (χ0n) is 14.6. The van der Waals surface area contributed by atoms with Crippen LogP contribution in [0.2, 0.25) is 5.02 Å². The zero-order valence-corrected chi connectivity index (χ0v) is 15.4. The van der Waals surface area contributed by atoms with E-state index in [4.69, 9.17) is 21.1 Å². The smallest absolute Gasteiger partial charge is 0.258 e. The number of halogens is 1. The van der Waals surface area contributed by atoms with Crippen LogP contribution >= 0.6 is 11.6 Å². The van der Waals surface area contributed by atoms with Gasteiger partial charge >= 0.3 is 0 Å². The van der Waals surface area contributed by atoms with E-state index in [-0.39, 0.29) is 12.0 Å². The minimum absolute atomic E-state index is 0.0113. The van der Waals surface area contributed by atoms with Gasteiger partial charge in [0.2, 0.25) is 0 Å². The Balaban J connectivity index is 1.53. The molecule has 1 fully saturated rings. The summed E-state index contributed by atoms with van der Waals surface area (Å²) in [5.74, 6) is 0.0113. The standard InChI is InChI=1S/C21H22ClNO3/c22-17-6-5-15-7-10-23(20(15)13-17)21(24)19-4-2-1-3-16(19)14-26-18-8-11-25-12-9-18/h1-6,13,18H,7-12,14H2. The third kappa shape index (κ3) is 3.63. The van der Waals surface area contributed by atoms with Crippen LogP contribution in [0, 0.1) is 0 Å². The molecule has 0 aromatic heterocycles. The number of rotatable bonds is 4. The highest BCUT2D eigenvalue weighted by atomic mass is 35.5.